The fraction of sp³-hybridized carbons (Fsp3) is 0.462. The van der Waals surface area contributed by atoms with Crippen LogP contribution in [-0.4, -0.2) is 61.9 Å². The van der Waals surface area contributed by atoms with E-state index in [9.17, 15) is 13.2 Å². The largest absolute Gasteiger partial charge is 0.478 e. The third-order valence-corrected chi connectivity index (χ3v) is 5.69. The molecule has 0 aliphatic carbocycles. The van der Waals surface area contributed by atoms with Crippen molar-refractivity contribution >= 4 is 27.6 Å². The molecule has 0 bridgehead atoms. The topological polar surface area (TPSA) is 77.9 Å². The second kappa shape index (κ2) is 6.31. The summed E-state index contributed by atoms with van der Waals surface area (Å²) in [6.45, 7) is 2.38. The molecule has 116 valence electrons. The van der Waals surface area contributed by atoms with E-state index in [2.05, 4.69) is 4.90 Å². The van der Waals surface area contributed by atoms with E-state index >= 15 is 0 Å². The number of halogens is 1. The first-order valence-electron chi connectivity index (χ1n) is 6.54. The van der Waals surface area contributed by atoms with Crippen LogP contribution in [0.4, 0.5) is 0 Å². The first-order valence-corrected chi connectivity index (χ1v) is 8.35. The van der Waals surface area contributed by atoms with Crippen LogP contribution in [0, 0.1) is 0 Å². The van der Waals surface area contributed by atoms with Crippen molar-refractivity contribution in [2.45, 2.75) is 11.3 Å². The number of benzene rings is 1. The predicted octanol–water partition coefficient (Wildman–Crippen LogP) is 1.36. The minimum absolute atomic E-state index is 0.0297. The van der Waals surface area contributed by atoms with E-state index in [0.717, 1.165) is 13.0 Å². The third-order valence-electron chi connectivity index (χ3n) is 3.49. The van der Waals surface area contributed by atoms with Crippen LogP contribution in [0.15, 0.2) is 23.1 Å². The molecular weight excluding hydrogens is 316 g/mol. The van der Waals surface area contributed by atoms with E-state index in [1.165, 1.54) is 22.5 Å². The Morgan fingerprint density at radius 2 is 1.95 bits per heavy atom. The lowest BCUT2D eigenvalue weighted by molar-refractivity contribution is 0.0697. The van der Waals surface area contributed by atoms with Crippen molar-refractivity contribution in [2.75, 3.05) is 33.2 Å². The number of sulfonamides is 1. The molecule has 1 aromatic carbocycles. The molecule has 1 aromatic rings. The van der Waals surface area contributed by atoms with E-state index in [1.807, 2.05) is 7.05 Å². The quantitative estimate of drug-likeness (QED) is 0.904. The number of likely N-dealkylation sites (N-methyl/N-ethyl adjacent to an activating group) is 1. The van der Waals surface area contributed by atoms with Crippen LogP contribution in [0.3, 0.4) is 0 Å². The number of carbonyl (C=O) groups is 1. The minimum Gasteiger partial charge on any atom is -0.478 e. The highest BCUT2D eigenvalue weighted by molar-refractivity contribution is 7.89. The van der Waals surface area contributed by atoms with Crippen molar-refractivity contribution < 1.29 is 18.3 Å². The number of hydrogen-bond donors (Lipinski definition) is 1. The van der Waals surface area contributed by atoms with Crippen molar-refractivity contribution in [3.8, 4) is 0 Å². The normalized spacial score (nSPS) is 18.4. The Bertz CT molecular complexity index is 648. The van der Waals surface area contributed by atoms with Crippen molar-refractivity contribution in [1.29, 1.82) is 0 Å². The summed E-state index contributed by atoms with van der Waals surface area (Å²) in [5.41, 5.74) is -0.105. The Morgan fingerprint density at radius 1 is 1.24 bits per heavy atom. The Morgan fingerprint density at radius 3 is 2.57 bits per heavy atom. The van der Waals surface area contributed by atoms with Crippen molar-refractivity contribution in [1.82, 2.24) is 9.21 Å². The van der Waals surface area contributed by atoms with Gasteiger partial charge in [0.15, 0.2) is 0 Å². The first-order chi connectivity index (χ1) is 9.82. The monoisotopic (exact) mass is 332 g/mol. The standard InChI is InChI=1S/C13H17ClN2O4S/c1-15-5-2-6-16(8-7-15)21(19,20)10-3-4-11(13(17)18)12(14)9-10/h3-4,9H,2,5-8H2,1H3,(H,17,18). The Kier molecular flexibility index (Phi) is 4.88. The molecule has 0 atom stereocenters. The zero-order chi connectivity index (χ0) is 15.6. The molecule has 2 rings (SSSR count). The highest BCUT2D eigenvalue weighted by Gasteiger charge is 2.27. The molecule has 0 radical (unpaired) electrons. The van der Waals surface area contributed by atoms with Gasteiger partial charge in [0.25, 0.3) is 0 Å². The van der Waals surface area contributed by atoms with Gasteiger partial charge in [-0.15, -0.1) is 0 Å². The molecule has 0 unspecified atom stereocenters. The summed E-state index contributed by atoms with van der Waals surface area (Å²) in [5.74, 6) is -1.18. The number of rotatable bonds is 3. The maximum Gasteiger partial charge on any atom is 0.337 e. The molecule has 6 nitrogen and oxygen atoms in total. The Hall–Kier alpha value is -1.15. The van der Waals surface area contributed by atoms with Gasteiger partial charge >= 0.3 is 5.97 Å². The molecule has 21 heavy (non-hydrogen) atoms. The summed E-state index contributed by atoms with van der Waals surface area (Å²) in [5, 5.41) is 8.85. The number of carboxylic acid groups (broad SMARTS) is 1. The van der Waals surface area contributed by atoms with E-state index in [0.29, 0.717) is 19.6 Å². The lowest BCUT2D eigenvalue weighted by Crippen LogP contribution is -2.34. The summed E-state index contributed by atoms with van der Waals surface area (Å²) in [6.07, 6.45) is 0.761. The second-order valence-corrected chi connectivity index (χ2v) is 7.35. The van der Waals surface area contributed by atoms with Gasteiger partial charge < -0.3 is 10.0 Å². The van der Waals surface area contributed by atoms with Crippen molar-refractivity contribution in [3.63, 3.8) is 0 Å². The summed E-state index contributed by atoms with van der Waals surface area (Å²) in [6, 6.07) is 3.72. The van der Waals surface area contributed by atoms with Crippen LogP contribution in [0.5, 0.6) is 0 Å². The fourth-order valence-electron chi connectivity index (χ4n) is 2.24. The maximum atomic E-state index is 12.6. The van der Waals surface area contributed by atoms with Gasteiger partial charge in [-0.05, 0) is 38.2 Å². The molecule has 0 spiro atoms. The van der Waals surface area contributed by atoms with Gasteiger partial charge in [-0.2, -0.15) is 4.31 Å². The zero-order valence-electron chi connectivity index (χ0n) is 11.6. The van der Waals surface area contributed by atoms with Crippen LogP contribution < -0.4 is 0 Å². The smallest absolute Gasteiger partial charge is 0.337 e. The zero-order valence-corrected chi connectivity index (χ0v) is 13.2. The van der Waals surface area contributed by atoms with Gasteiger partial charge in [0.05, 0.1) is 15.5 Å². The van der Waals surface area contributed by atoms with Crippen LogP contribution in [0.1, 0.15) is 16.8 Å². The molecule has 1 aliphatic heterocycles. The lowest BCUT2D eigenvalue weighted by atomic mass is 10.2. The summed E-state index contributed by atoms with van der Waals surface area (Å²) >= 11 is 5.85. The second-order valence-electron chi connectivity index (χ2n) is 5.01. The molecule has 0 aromatic heterocycles. The molecule has 1 heterocycles. The molecule has 0 amide bonds. The summed E-state index contributed by atoms with van der Waals surface area (Å²) in [4.78, 5) is 13.0. The van der Waals surface area contributed by atoms with Crippen LogP contribution in [0.2, 0.25) is 5.02 Å². The van der Waals surface area contributed by atoms with Crippen molar-refractivity contribution in [3.05, 3.63) is 28.8 Å². The lowest BCUT2D eigenvalue weighted by Gasteiger charge is -2.20. The molecule has 1 saturated heterocycles. The number of carboxylic acids is 1. The molecule has 8 heteroatoms. The number of hydrogen-bond acceptors (Lipinski definition) is 4. The first kappa shape index (κ1) is 16.2. The summed E-state index contributed by atoms with van der Waals surface area (Å²) < 4.78 is 26.6. The van der Waals surface area contributed by atoms with E-state index in [1.54, 1.807) is 0 Å². The SMILES string of the molecule is CN1CCCN(S(=O)(=O)c2ccc(C(=O)O)c(Cl)c2)CC1. The van der Waals surface area contributed by atoms with Gasteiger partial charge in [0, 0.05) is 19.6 Å². The average Bonchev–Trinajstić information content (AvgIpc) is 2.63. The molecule has 1 N–H and O–H groups in total. The molecular formula is C13H17ClN2O4S. The van der Waals surface area contributed by atoms with E-state index < -0.39 is 16.0 Å². The third kappa shape index (κ3) is 3.55. The van der Waals surface area contributed by atoms with E-state index in [4.69, 9.17) is 16.7 Å². The van der Waals surface area contributed by atoms with Gasteiger partial charge in [-0.1, -0.05) is 11.6 Å². The van der Waals surface area contributed by atoms with Gasteiger partial charge in [0.2, 0.25) is 10.0 Å². The number of aromatic carboxylic acids is 1. The predicted molar refractivity (Wildman–Crippen MR) is 79.3 cm³/mol. The van der Waals surface area contributed by atoms with Crippen LogP contribution in [-0.2, 0) is 10.0 Å². The molecule has 1 fully saturated rings. The highest BCUT2D eigenvalue weighted by atomic mass is 35.5. The maximum absolute atomic E-state index is 12.6. The van der Waals surface area contributed by atoms with Crippen molar-refractivity contribution in [2.24, 2.45) is 0 Å². The Labute approximate surface area is 129 Å². The van der Waals surface area contributed by atoms with E-state index in [-0.39, 0.29) is 15.5 Å². The highest BCUT2D eigenvalue weighted by Crippen LogP contribution is 2.24. The van der Waals surface area contributed by atoms with Crippen LogP contribution >= 0.6 is 11.6 Å². The Balaban J connectivity index is 2.31. The summed E-state index contributed by atoms with van der Waals surface area (Å²) in [7, 11) is -1.69. The van der Waals surface area contributed by atoms with Gasteiger partial charge in [-0.3, -0.25) is 0 Å². The van der Waals surface area contributed by atoms with Gasteiger partial charge in [-0.25, -0.2) is 13.2 Å². The minimum atomic E-state index is -3.64. The molecule has 0 saturated carbocycles. The average molecular weight is 333 g/mol. The van der Waals surface area contributed by atoms with Crippen LogP contribution in [0.25, 0.3) is 0 Å². The molecule has 1 aliphatic rings. The van der Waals surface area contributed by atoms with Gasteiger partial charge in [0.1, 0.15) is 0 Å². The number of nitrogens with zero attached hydrogens (tertiary/aromatic N) is 2. The fourth-order valence-corrected chi connectivity index (χ4v) is 4.06.